The summed E-state index contributed by atoms with van der Waals surface area (Å²) in [6.45, 7) is 3.33. The van der Waals surface area contributed by atoms with Crippen LogP contribution < -0.4 is 4.90 Å². The smallest absolute Gasteiger partial charge is 0.250 e. The average Bonchev–Trinajstić information content (AvgIpc) is 2.54. The number of nitrogens with zero attached hydrogens (tertiary/aromatic N) is 4. The number of aromatic nitrogens is 3. The first kappa shape index (κ1) is 24.5. The van der Waals surface area contributed by atoms with E-state index in [0.717, 1.165) is 0 Å². The molecule has 0 fully saturated rings. The second-order valence-electron chi connectivity index (χ2n) is 5.52. The van der Waals surface area contributed by atoms with Crippen molar-refractivity contribution in [1.82, 2.24) is 15.0 Å². The zero-order chi connectivity index (χ0) is 21.4. The fourth-order valence-corrected chi connectivity index (χ4v) is 3.39. The molecule has 1 heterocycles. The molecule has 0 spiro atoms. The van der Waals surface area contributed by atoms with Crippen molar-refractivity contribution in [2.45, 2.75) is 32.4 Å². The Morgan fingerprint density at radius 3 is 1.68 bits per heavy atom. The largest absolute Gasteiger partial charge is 0.337 e. The third kappa shape index (κ3) is 5.92. The Morgan fingerprint density at radius 1 is 0.857 bits per heavy atom. The van der Waals surface area contributed by atoms with Crippen LogP contribution in [0.2, 0.25) is 0 Å². The van der Waals surface area contributed by atoms with Gasteiger partial charge in [-0.05, 0) is 32.0 Å². The summed E-state index contributed by atoms with van der Waals surface area (Å²) in [5.74, 6) is -1.23. The molecule has 0 amide bonds. The van der Waals surface area contributed by atoms with Crippen LogP contribution in [0.5, 0.6) is 0 Å². The molecule has 154 valence electrons. The Balaban J connectivity index is 2.60. The van der Waals surface area contributed by atoms with Gasteiger partial charge < -0.3 is 4.90 Å². The van der Waals surface area contributed by atoms with E-state index in [2.05, 4.69) is 15.0 Å². The number of alkyl halides is 8. The average molecular weight is 550 g/mol. The fourth-order valence-electron chi connectivity index (χ4n) is 2.28. The van der Waals surface area contributed by atoms with Crippen LogP contribution in [0.4, 0.5) is 10.1 Å². The lowest BCUT2D eigenvalue weighted by Gasteiger charge is -2.30. The molecule has 0 N–H and O–H groups in total. The van der Waals surface area contributed by atoms with E-state index < -0.39 is 24.4 Å². The van der Waals surface area contributed by atoms with E-state index in [1.807, 2.05) is 0 Å². The number of hydrogen-bond acceptors (Lipinski definition) is 4. The maximum absolute atomic E-state index is 14.8. The molecule has 28 heavy (non-hydrogen) atoms. The maximum Gasteiger partial charge on any atom is 0.250 e. The van der Waals surface area contributed by atoms with Crippen LogP contribution in [-0.2, 0) is 7.59 Å². The zero-order valence-corrected chi connectivity index (χ0v) is 20.1. The second-order valence-corrected chi connectivity index (χ2v) is 11.3. The van der Waals surface area contributed by atoms with Gasteiger partial charge in [0.25, 0.3) is 0 Å². The Labute approximate surface area is 201 Å². The van der Waals surface area contributed by atoms with E-state index in [-0.39, 0.29) is 28.7 Å². The van der Waals surface area contributed by atoms with E-state index in [1.54, 1.807) is 13.8 Å². The Kier molecular flexibility index (Phi) is 8.06. The first-order valence-corrected chi connectivity index (χ1v) is 10.6. The minimum Gasteiger partial charge on any atom is -0.337 e. The quantitative estimate of drug-likeness (QED) is 0.296. The van der Waals surface area contributed by atoms with Gasteiger partial charge in [0.2, 0.25) is 7.59 Å². The predicted molar refractivity (Wildman–Crippen MR) is 117 cm³/mol. The molecule has 2 aromatic rings. The fraction of sp³-hybridized carbons (Fsp3) is 0.400. The number of benzene rings is 1. The molecule has 13 heteroatoms. The summed E-state index contributed by atoms with van der Waals surface area (Å²) in [6, 6.07) is 4.17. The molecule has 2 atom stereocenters. The molecular formula is C15H11Cl8FN4. The minimum atomic E-state index is -2.01. The normalized spacial score (nSPS) is 14.7. The minimum absolute atomic E-state index is 0.0486. The third-order valence-electron chi connectivity index (χ3n) is 3.39. The van der Waals surface area contributed by atoms with Gasteiger partial charge >= 0.3 is 0 Å². The van der Waals surface area contributed by atoms with Crippen molar-refractivity contribution < 1.29 is 4.39 Å². The summed E-state index contributed by atoms with van der Waals surface area (Å²) in [4.78, 5) is 13.4. The van der Waals surface area contributed by atoms with E-state index in [0.29, 0.717) is 0 Å². The highest BCUT2D eigenvalue weighted by Crippen LogP contribution is 2.41. The highest BCUT2D eigenvalue weighted by Gasteiger charge is 2.34. The highest BCUT2D eigenvalue weighted by molar-refractivity contribution is 6.67. The van der Waals surface area contributed by atoms with Gasteiger partial charge in [-0.1, -0.05) is 92.8 Å². The van der Waals surface area contributed by atoms with Crippen LogP contribution in [0.3, 0.4) is 0 Å². The van der Waals surface area contributed by atoms with Gasteiger partial charge in [-0.15, -0.1) is 0 Å². The summed E-state index contributed by atoms with van der Waals surface area (Å²) in [5.41, 5.74) is -0.695. The van der Waals surface area contributed by atoms with Gasteiger partial charge in [-0.2, -0.15) is 0 Å². The SMILES string of the molecule is CC(Cl)N(c1ccc(-c2nc(C(Cl)(Cl)Cl)nc(C(Cl)(Cl)Cl)n2)cc1F)C(C)Cl. The highest BCUT2D eigenvalue weighted by atomic mass is 35.6. The van der Waals surface area contributed by atoms with Crippen LogP contribution in [0, 0.1) is 5.82 Å². The van der Waals surface area contributed by atoms with Gasteiger partial charge in [-0.3, -0.25) is 0 Å². The number of anilines is 1. The molecule has 0 bridgehead atoms. The number of halogens is 9. The van der Waals surface area contributed by atoms with Crippen molar-refractivity contribution in [2.75, 3.05) is 4.90 Å². The van der Waals surface area contributed by atoms with Crippen LogP contribution >= 0.6 is 92.8 Å². The van der Waals surface area contributed by atoms with Gasteiger partial charge in [0.1, 0.15) is 16.8 Å². The summed E-state index contributed by atoms with van der Waals surface area (Å²) in [6.07, 6.45) is 0. The lowest BCUT2D eigenvalue weighted by molar-refractivity contribution is 0.613. The third-order valence-corrected chi connectivity index (χ3v) is 4.83. The Hall–Kier alpha value is 0.280. The predicted octanol–water partition coefficient (Wildman–Crippen LogP) is 7.31. The van der Waals surface area contributed by atoms with E-state index in [9.17, 15) is 4.39 Å². The topological polar surface area (TPSA) is 41.9 Å². The molecule has 0 saturated heterocycles. The van der Waals surface area contributed by atoms with Crippen LogP contribution in [0.1, 0.15) is 25.5 Å². The summed E-state index contributed by atoms with van der Waals surface area (Å²) >= 11 is 47.3. The monoisotopic (exact) mass is 546 g/mol. The molecule has 0 aliphatic carbocycles. The molecule has 0 aliphatic heterocycles. The maximum atomic E-state index is 14.8. The van der Waals surface area contributed by atoms with Crippen molar-refractivity contribution in [1.29, 1.82) is 0 Å². The van der Waals surface area contributed by atoms with E-state index in [4.69, 9.17) is 92.8 Å². The molecule has 2 rings (SSSR count). The molecule has 2 unspecified atom stereocenters. The number of rotatable bonds is 4. The van der Waals surface area contributed by atoms with Crippen LogP contribution in [0.25, 0.3) is 11.4 Å². The Morgan fingerprint density at radius 2 is 1.32 bits per heavy atom. The first-order chi connectivity index (χ1) is 12.7. The van der Waals surface area contributed by atoms with Crippen molar-refractivity contribution >= 4 is 98.5 Å². The Bertz CT molecular complexity index is 811. The molecule has 0 saturated carbocycles. The number of hydrogen-bond donors (Lipinski definition) is 0. The molecule has 0 radical (unpaired) electrons. The van der Waals surface area contributed by atoms with Crippen molar-refractivity contribution in [2.24, 2.45) is 0 Å². The second kappa shape index (κ2) is 9.19. The van der Waals surface area contributed by atoms with Crippen LogP contribution in [0.15, 0.2) is 18.2 Å². The lowest BCUT2D eigenvalue weighted by Crippen LogP contribution is -2.34. The summed E-state index contributed by atoms with van der Waals surface area (Å²) in [5, 5.41) is 0. The first-order valence-electron chi connectivity index (χ1n) is 7.48. The van der Waals surface area contributed by atoms with Crippen LogP contribution in [-0.4, -0.2) is 26.0 Å². The van der Waals surface area contributed by atoms with Gasteiger partial charge in [0, 0.05) is 5.56 Å². The van der Waals surface area contributed by atoms with Gasteiger partial charge in [-0.25, -0.2) is 19.3 Å². The van der Waals surface area contributed by atoms with Crippen molar-refractivity contribution in [3.63, 3.8) is 0 Å². The zero-order valence-electron chi connectivity index (χ0n) is 14.1. The van der Waals surface area contributed by atoms with E-state index in [1.165, 1.54) is 23.1 Å². The van der Waals surface area contributed by atoms with Crippen molar-refractivity contribution in [3.8, 4) is 11.4 Å². The molecule has 1 aromatic carbocycles. The lowest BCUT2D eigenvalue weighted by atomic mass is 10.1. The van der Waals surface area contributed by atoms with Crippen molar-refractivity contribution in [3.05, 3.63) is 35.7 Å². The summed E-state index contributed by atoms with van der Waals surface area (Å²) < 4.78 is 10.8. The van der Waals surface area contributed by atoms with Gasteiger partial charge in [0.05, 0.1) is 5.69 Å². The molecule has 1 aromatic heterocycles. The standard InChI is InChI=1S/C15H11Cl8FN4/c1-6(16)28(7(2)17)10-4-3-8(5-9(10)24)11-25-12(14(18,19)20)27-13(26-11)15(21,22)23/h3-7H,1-2H3. The molecular weight excluding hydrogens is 539 g/mol. The summed E-state index contributed by atoms with van der Waals surface area (Å²) in [7, 11) is 0. The van der Waals surface area contributed by atoms with Gasteiger partial charge in [0.15, 0.2) is 17.5 Å². The molecule has 4 nitrogen and oxygen atoms in total. The van der Waals surface area contributed by atoms with E-state index >= 15 is 0 Å². The molecule has 0 aliphatic rings.